The molecule has 2 aromatic carbocycles. The van der Waals surface area contributed by atoms with Gasteiger partial charge in [0.2, 0.25) is 0 Å². The summed E-state index contributed by atoms with van der Waals surface area (Å²) < 4.78 is 61.1. The lowest BCUT2D eigenvalue weighted by Crippen LogP contribution is -2.30. The van der Waals surface area contributed by atoms with Crippen LogP contribution in [0.3, 0.4) is 0 Å². The van der Waals surface area contributed by atoms with Gasteiger partial charge in [0.05, 0.1) is 158 Å². The highest BCUT2D eigenvalue weighted by Gasteiger charge is 2.34. The molecule has 0 bridgehead atoms. The molecule has 8 aromatic rings. The maximum absolute atomic E-state index is 14.3. The second-order valence-electron chi connectivity index (χ2n) is 20.3. The van der Waals surface area contributed by atoms with Gasteiger partial charge in [-0.05, 0) is 88.6 Å². The molecule has 0 saturated carbocycles. The molecule has 0 fully saturated rings. The van der Waals surface area contributed by atoms with E-state index < -0.39 is 18.1 Å². The summed E-state index contributed by atoms with van der Waals surface area (Å²) in [5.41, 5.74) is 7.75. The molecule has 0 saturated heterocycles. The Morgan fingerprint density at radius 3 is 2.03 bits per heavy atom. The minimum Gasteiger partial charge on any atom is -0.496 e. The summed E-state index contributed by atoms with van der Waals surface area (Å²) in [6.07, 6.45) is 5.81. The monoisotopic (exact) mass is 1220 g/mol. The maximum atomic E-state index is 14.3. The Labute approximate surface area is 506 Å². The number of hydrogen-bond donors (Lipinski definition) is 0. The van der Waals surface area contributed by atoms with Crippen molar-refractivity contribution in [2.24, 2.45) is 4.99 Å². The molecule has 2 unspecified atom stereocenters. The van der Waals surface area contributed by atoms with E-state index in [0.717, 1.165) is 44.1 Å². The third-order valence-corrected chi connectivity index (χ3v) is 16.1. The van der Waals surface area contributed by atoms with E-state index in [-0.39, 0.29) is 56.5 Å². The fourth-order valence-corrected chi connectivity index (χ4v) is 11.7. The predicted molar refractivity (Wildman–Crippen MR) is 323 cm³/mol. The van der Waals surface area contributed by atoms with Gasteiger partial charge in [-0.25, -0.2) is 4.79 Å². The molecule has 1 aliphatic rings. The minimum absolute atomic E-state index is 0.00814. The summed E-state index contributed by atoms with van der Waals surface area (Å²) in [7, 11) is 2.94. The van der Waals surface area contributed by atoms with Crippen LogP contribution in [0.2, 0.25) is 5.02 Å². The number of pyridine rings is 2. The van der Waals surface area contributed by atoms with Crippen molar-refractivity contribution in [1.82, 2.24) is 33.9 Å². The Morgan fingerprint density at radius 1 is 0.779 bits per heavy atom. The first kappa shape index (κ1) is 63.2. The van der Waals surface area contributed by atoms with Crippen LogP contribution in [0.25, 0.3) is 38.1 Å². The fourth-order valence-electron chi connectivity index (χ4n) is 10.3. The first-order valence-corrected chi connectivity index (χ1v) is 29.6. The molecule has 0 aliphatic carbocycles. The molecule has 0 spiro atoms. The number of nitrogens with zero attached hydrogens (tertiary/aromatic N) is 8. The zero-order chi connectivity index (χ0) is 60.7. The second kappa shape index (κ2) is 30.3. The van der Waals surface area contributed by atoms with Crippen LogP contribution in [0.15, 0.2) is 87.5 Å². The van der Waals surface area contributed by atoms with Crippen LogP contribution in [0.5, 0.6) is 5.75 Å². The molecular formula is C62H71ClN8O14S. The first-order chi connectivity index (χ1) is 41.8. The number of hydrogen-bond acceptors (Lipinski definition) is 20. The predicted octanol–water partition coefficient (Wildman–Crippen LogP) is 8.96. The zero-order valence-corrected chi connectivity index (χ0v) is 51.0. The van der Waals surface area contributed by atoms with Crippen molar-refractivity contribution >= 4 is 68.1 Å². The lowest BCUT2D eigenvalue weighted by atomic mass is 9.98. The van der Waals surface area contributed by atoms with Gasteiger partial charge in [0.25, 0.3) is 0 Å². The van der Waals surface area contributed by atoms with Crippen LogP contribution in [0.4, 0.5) is 0 Å². The van der Waals surface area contributed by atoms with Crippen LogP contribution in [0.1, 0.15) is 93.3 Å². The number of furan rings is 1. The number of carbonyl (C=O) groups excluding carboxylic acids is 3. The molecule has 22 nitrogen and oxygen atoms in total. The Bertz CT molecular complexity index is 3700. The lowest BCUT2D eigenvalue weighted by molar-refractivity contribution is -0.141. The Kier molecular flexibility index (Phi) is 22.3. The number of aromatic nitrogens is 7. The van der Waals surface area contributed by atoms with Gasteiger partial charge in [0.15, 0.2) is 17.4 Å². The molecule has 0 amide bonds. The van der Waals surface area contributed by atoms with E-state index in [9.17, 15) is 19.2 Å². The molecule has 9 rings (SSSR count). The van der Waals surface area contributed by atoms with Crippen molar-refractivity contribution in [2.75, 3.05) is 107 Å². The number of aryl methyl sites for hydroxylation is 3. The van der Waals surface area contributed by atoms with Gasteiger partial charge in [0.1, 0.15) is 35.0 Å². The van der Waals surface area contributed by atoms with Crippen molar-refractivity contribution in [2.45, 2.75) is 72.5 Å². The lowest BCUT2D eigenvalue weighted by Gasteiger charge is -2.15. The summed E-state index contributed by atoms with van der Waals surface area (Å²) in [5.74, 6) is 1.72. The Morgan fingerprint density at radius 2 is 1.43 bits per heavy atom. The first-order valence-electron chi connectivity index (χ1n) is 28.4. The highest BCUT2D eigenvalue weighted by molar-refractivity contribution is 7.17. The number of Topliss-reactive ketones (excluding diaryl/α,β-unsaturated/α-hetero) is 2. The molecule has 6 aromatic heterocycles. The number of rotatable bonds is 34. The van der Waals surface area contributed by atoms with E-state index in [1.807, 2.05) is 81.7 Å². The second-order valence-corrected chi connectivity index (χ2v) is 21.8. The van der Waals surface area contributed by atoms with Crippen LogP contribution in [-0.4, -0.2) is 164 Å². The standard InChI is InChI=1S/C62H71ClN8O14S/c1-38-36-85-41(4)55(38)47-31-49-46(32-53(47)76-6)58-51(34-65-49)69(62(75)70(58)40(3)48-11-8-9-17-64-48)35-45(72)37-84-30-29-83-28-27-82-26-25-81-24-23-80-22-21-79-20-19-78-18-10-12-52(73)59-39(2)56-57(43-13-15-44(63)16-14-43)66-50(33-54(74)77-7)60-68-67-42(5)71(60)61(56)86-59/h8-9,11,13-17,31-32,34,36,40,50H,10,12,18-30,33,35,37H2,1-7H3. The number of ether oxygens (including phenoxy) is 9. The van der Waals surface area contributed by atoms with Crippen molar-refractivity contribution in [3.8, 4) is 21.9 Å². The van der Waals surface area contributed by atoms with Gasteiger partial charge in [-0.3, -0.25) is 43.0 Å². The number of halogens is 1. The molecule has 2 atom stereocenters. The molecule has 456 valence electrons. The zero-order valence-electron chi connectivity index (χ0n) is 49.4. The number of imidazole rings is 1. The summed E-state index contributed by atoms with van der Waals surface area (Å²) in [6, 6.07) is 15.6. The van der Waals surface area contributed by atoms with Crippen LogP contribution >= 0.6 is 22.9 Å². The average molecular weight is 1220 g/mol. The van der Waals surface area contributed by atoms with Crippen molar-refractivity contribution in [3.63, 3.8) is 0 Å². The normalized spacial score (nSPS) is 13.4. The van der Waals surface area contributed by atoms with Crippen molar-refractivity contribution < 1.29 is 61.4 Å². The van der Waals surface area contributed by atoms with E-state index in [0.29, 0.717) is 140 Å². The van der Waals surface area contributed by atoms with Crippen LogP contribution in [0, 0.1) is 27.7 Å². The maximum Gasteiger partial charge on any atom is 0.330 e. The van der Waals surface area contributed by atoms with E-state index in [2.05, 4.69) is 15.2 Å². The molecule has 86 heavy (non-hydrogen) atoms. The number of aliphatic imine (C=N–C) groups is 1. The Hall–Kier alpha value is -7.32. The van der Waals surface area contributed by atoms with Crippen LogP contribution in [-0.2, 0) is 54.0 Å². The molecule has 1 aliphatic heterocycles. The molecule has 0 N–H and O–H groups in total. The molecule has 24 heteroatoms. The molecule has 0 radical (unpaired) electrons. The Balaban J connectivity index is 0.613. The van der Waals surface area contributed by atoms with Gasteiger partial charge in [-0.1, -0.05) is 29.8 Å². The molecule has 7 heterocycles. The average Bonchev–Trinajstić information content (AvgIpc) is 2.78. The molecular weight excluding hydrogens is 1150 g/mol. The number of carbonyl (C=O) groups is 3. The number of thiophene rings is 1. The van der Waals surface area contributed by atoms with Crippen molar-refractivity contribution in [3.05, 3.63) is 139 Å². The van der Waals surface area contributed by atoms with Crippen molar-refractivity contribution in [1.29, 1.82) is 0 Å². The highest BCUT2D eigenvalue weighted by atomic mass is 35.5. The number of esters is 1. The highest BCUT2D eigenvalue weighted by Crippen LogP contribution is 2.42. The number of fused-ring (bicyclic) bond motifs is 6. The van der Waals surface area contributed by atoms with Gasteiger partial charge in [-0.2, -0.15) is 0 Å². The number of ketones is 2. The van der Waals surface area contributed by atoms with E-state index >= 15 is 0 Å². The number of benzene rings is 2. The topological polar surface area (TPSA) is 243 Å². The summed E-state index contributed by atoms with van der Waals surface area (Å²) >= 11 is 7.61. The van der Waals surface area contributed by atoms with Gasteiger partial charge < -0.3 is 47.0 Å². The number of methoxy groups -OCH3 is 2. The largest absolute Gasteiger partial charge is 0.496 e. The van der Waals surface area contributed by atoms with E-state index in [4.69, 9.17) is 68.6 Å². The minimum atomic E-state index is -0.658. The quantitative estimate of drug-likeness (QED) is 0.0207. The van der Waals surface area contributed by atoms with Gasteiger partial charge >= 0.3 is 11.7 Å². The van der Waals surface area contributed by atoms with E-state index in [1.165, 1.54) is 23.0 Å². The fraction of sp³-hybridized carbons (Fsp3) is 0.435. The third-order valence-electron chi connectivity index (χ3n) is 14.5. The smallest absolute Gasteiger partial charge is 0.330 e. The summed E-state index contributed by atoms with van der Waals surface area (Å²) in [4.78, 5) is 68.9. The van der Waals surface area contributed by atoms with Crippen LogP contribution < -0.4 is 10.4 Å². The van der Waals surface area contributed by atoms with E-state index in [1.54, 1.807) is 42.5 Å². The third kappa shape index (κ3) is 14.9. The summed E-state index contributed by atoms with van der Waals surface area (Å²) in [6.45, 7) is 13.8. The van der Waals surface area contributed by atoms with Gasteiger partial charge in [0, 0.05) is 51.9 Å². The summed E-state index contributed by atoms with van der Waals surface area (Å²) in [5, 5.41) is 10.8. The SMILES string of the molecule is COC(=O)CC1N=C(c2ccc(Cl)cc2)c2c(sc(C(=O)CCCOCCOCCOCCOCCOCCOCCOCC(=O)Cn3c(=O)n(C(C)c4ccccn4)c4c5cc(OC)c(-c6c(C)coc6C)cc5ncc43)c2C)-n2c(C)nnc21. The van der Waals surface area contributed by atoms with Gasteiger partial charge in [-0.15, -0.1) is 21.5 Å².